The number of carbonyl (C=O) groups is 2. The highest BCUT2D eigenvalue weighted by molar-refractivity contribution is 7.93. The quantitative estimate of drug-likeness (QED) is 0.528. The largest absolute Gasteiger partial charge is 0.337 e. The fraction of sp³-hybridized carbons (Fsp3) is 0.250. The van der Waals surface area contributed by atoms with Crippen LogP contribution in [0.25, 0.3) is 0 Å². The standard InChI is InChI=1S/C20H21N3O5S2/c1-10-8-11(2)17(15(9-10)14(5)24)21-19(25)18-16(6-7-29-18)30(26,27)23-20-12(3)13(4)22-28-20/h6-9,23H,1-5H3,(H,21,25)/i1D3,2D3,3D3,4D3,8D,9D/hD2. The van der Waals surface area contributed by atoms with Crippen molar-refractivity contribution in [2.45, 2.75) is 39.2 Å². The molecule has 0 radical (unpaired) electrons. The summed E-state index contributed by atoms with van der Waals surface area (Å²) in [6.07, 6.45) is 0. The topological polar surface area (TPSA) is 118 Å². The first-order chi connectivity index (χ1) is 20.6. The Labute approximate surface area is 200 Å². The number of aryl methyl sites for hydroxylation is 1. The monoisotopic (exact) mass is 463 g/mol. The molecule has 0 aliphatic heterocycles. The molecule has 0 atom stereocenters. The molecule has 1 amide bonds. The maximum atomic E-state index is 13.6. The van der Waals surface area contributed by atoms with Crippen molar-refractivity contribution in [2.24, 2.45) is 0 Å². The van der Waals surface area contributed by atoms with Crippen LogP contribution in [-0.2, 0) is 10.0 Å². The number of nitrogens with one attached hydrogen (secondary N) is 2. The molecule has 3 aromatic rings. The van der Waals surface area contributed by atoms with Gasteiger partial charge in [-0.2, -0.15) is 0 Å². The van der Waals surface area contributed by atoms with Crippen LogP contribution in [0.4, 0.5) is 11.6 Å². The van der Waals surface area contributed by atoms with Gasteiger partial charge < -0.3 is 9.83 Å². The summed E-state index contributed by atoms with van der Waals surface area (Å²) in [7, 11) is -5.38. The van der Waals surface area contributed by atoms with Gasteiger partial charge in [0.05, 0.1) is 14.1 Å². The minimum atomic E-state index is -5.38. The lowest BCUT2D eigenvalue weighted by Gasteiger charge is -2.14. The number of rotatable bonds is 6. The molecule has 8 nitrogen and oxygen atoms in total. The lowest BCUT2D eigenvalue weighted by Crippen LogP contribution is -2.20. The number of amides is 1. The number of carbonyl (C=O) groups excluding carboxylic acids is 2. The van der Waals surface area contributed by atoms with Crippen LogP contribution in [0.5, 0.6) is 0 Å². The van der Waals surface area contributed by atoms with E-state index in [1.54, 1.807) is 0 Å². The summed E-state index contributed by atoms with van der Waals surface area (Å²) in [4.78, 5) is 24.2. The molecular weight excluding hydrogens is 426 g/mol. The third-order valence-corrected chi connectivity index (χ3v) is 5.85. The number of sulfonamides is 1. The molecule has 0 aliphatic rings. The van der Waals surface area contributed by atoms with Crippen molar-refractivity contribution >= 4 is 44.6 Å². The number of ketones is 1. The molecule has 2 heterocycles. The number of aromatic nitrogens is 1. The molecule has 3 rings (SSSR count). The van der Waals surface area contributed by atoms with Gasteiger partial charge >= 0.3 is 0 Å². The van der Waals surface area contributed by atoms with Crippen LogP contribution in [0.3, 0.4) is 0 Å². The average Bonchev–Trinajstić information content (AvgIpc) is 3.53. The zero-order valence-corrected chi connectivity index (χ0v) is 16.5. The van der Waals surface area contributed by atoms with Crippen LogP contribution in [0.15, 0.2) is 32.9 Å². The van der Waals surface area contributed by atoms with E-state index >= 15 is 0 Å². The van der Waals surface area contributed by atoms with Crippen molar-refractivity contribution in [2.75, 3.05) is 10.0 Å². The second kappa shape index (κ2) is 8.04. The van der Waals surface area contributed by atoms with E-state index in [1.165, 1.54) is 0 Å². The normalized spacial score (nSPS) is 20.8. The van der Waals surface area contributed by atoms with Crippen molar-refractivity contribution in [1.29, 1.82) is 0 Å². The second-order valence-corrected chi connectivity index (χ2v) is 8.08. The van der Waals surface area contributed by atoms with E-state index in [9.17, 15) is 18.0 Å². The molecule has 0 unspecified atom stereocenters. The predicted octanol–water partition coefficient (Wildman–Crippen LogP) is 4.23. The smallest absolute Gasteiger partial charge is 0.267 e. The summed E-state index contributed by atoms with van der Waals surface area (Å²) < 4.78 is 157. The molecule has 0 saturated heterocycles. The molecule has 0 saturated carbocycles. The van der Waals surface area contributed by atoms with Crippen molar-refractivity contribution in [3.05, 3.63) is 56.4 Å². The van der Waals surface area contributed by atoms with Crippen molar-refractivity contribution in [3.63, 3.8) is 0 Å². The summed E-state index contributed by atoms with van der Waals surface area (Å²) in [6, 6.07) is -1.73. The molecule has 10 heteroatoms. The molecule has 30 heavy (non-hydrogen) atoms. The lowest BCUT2D eigenvalue weighted by molar-refractivity contribution is 0.101. The molecule has 0 aliphatic carbocycles. The number of hydrogen-bond donors (Lipinski definition) is 2. The van der Waals surface area contributed by atoms with Gasteiger partial charge in [-0.1, -0.05) is 11.2 Å². The van der Waals surface area contributed by atoms with E-state index in [1.807, 2.05) is 0 Å². The fourth-order valence-electron chi connectivity index (χ4n) is 2.20. The summed E-state index contributed by atoms with van der Waals surface area (Å²) in [6.45, 7) is -12.5. The Morgan fingerprint density at radius 2 is 2.10 bits per heavy atom. The summed E-state index contributed by atoms with van der Waals surface area (Å²) in [5, 5.41) is 3.78. The summed E-state index contributed by atoms with van der Waals surface area (Å²) in [5.41, 5.74) is -7.06. The number of Topliss-reactive ketones (excluding diaryl/α,β-unsaturated/α-hetero) is 1. The summed E-state index contributed by atoms with van der Waals surface area (Å²) in [5.74, 6) is -4.22. The molecular formula is C20H21N3O5S2. The first-order valence-electron chi connectivity index (χ1n) is 15.6. The van der Waals surface area contributed by atoms with E-state index in [4.69, 9.17) is 22.0 Å². The third-order valence-electron chi connectivity index (χ3n) is 3.52. The Morgan fingerprint density at radius 1 is 1.27 bits per heavy atom. The van der Waals surface area contributed by atoms with Gasteiger partial charge in [0.15, 0.2) is 8.61 Å². The summed E-state index contributed by atoms with van der Waals surface area (Å²) >= 11 is 0.326. The van der Waals surface area contributed by atoms with Crippen LogP contribution in [-0.4, -0.2) is 25.3 Å². The average molecular weight is 464 g/mol. The Hall–Kier alpha value is -2.98. The number of anilines is 2. The molecule has 2 N–H and O–H groups in total. The van der Waals surface area contributed by atoms with Crippen LogP contribution in [0, 0.1) is 27.4 Å². The first-order valence-corrected chi connectivity index (χ1v) is 10.0. The van der Waals surface area contributed by atoms with Gasteiger partial charge in [-0.25, -0.2) is 13.1 Å². The number of hydrogen-bond acceptors (Lipinski definition) is 7. The van der Waals surface area contributed by atoms with Crippen LogP contribution < -0.4 is 10.0 Å². The van der Waals surface area contributed by atoms with Crippen molar-refractivity contribution < 1.29 is 44.5 Å². The van der Waals surface area contributed by atoms with E-state index < -0.39 is 115 Å². The van der Waals surface area contributed by atoms with E-state index in [2.05, 4.69) is 9.68 Å². The van der Waals surface area contributed by atoms with Crippen LogP contribution in [0.1, 0.15) is 68.5 Å². The molecule has 0 fully saturated rings. The zero-order valence-electron chi connectivity index (χ0n) is 30.9. The minimum Gasteiger partial charge on any atom is -0.337 e. The minimum absolute atomic E-state index is 0.300. The number of nitrogens with zero attached hydrogens (tertiary/aromatic N) is 1. The molecule has 1 aromatic carbocycles. The zero-order chi connectivity index (χ0) is 35.7. The molecule has 0 bridgehead atoms. The third kappa shape index (κ3) is 4.14. The van der Waals surface area contributed by atoms with Gasteiger partial charge in [0.25, 0.3) is 15.9 Å². The Balaban J connectivity index is 2.28. The first kappa shape index (κ1) is 9.03. The van der Waals surface area contributed by atoms with Crippen LogP contribution >= 0.6 is 11.3 Å². The van der Waals surface area contributed by atoms with E-state index in [-0.39, 0.29) is 5.31 Å². The molecule has 2 aromatic heterocycles. The molecule has 0 spiro atoms. The highest BCUT2D eigenvalue weighted by Gasteiger charge is 2.27. The maximum Gasteiger partial charge on any atom is 0.267 e. The van der Waals surface area contributed by atoms with Gasteiger partial charge in [-0.15, -0.1) is 11.3 Å². The van der Waals surface area contributed by atoms with Gasteiger partial charge in [-0.05, 0) is 62.9 Å². The number of thiophene rings is 1. The predicted molar refractivity (Wildman–Crippen MR) is 115 cm³/mol. The lowest BCUT2D eigenvalue weighted by atomic mass is 10.0. The van der Waals surface area contributed by atoms with Crippen molar-refractivity contribution in [1.82, 2.24) is 5.16 Å². The van der Waals surface area contributed by atoms with E-state index in [0.717, 1.165) is 18.4 Å². The van der Waals surface area contributed by atoms with Crippen molar-refractivity contribution in [3.8, 4) is 0 Å². The maximum absolute atomic E-state index is 13.6. The fourth-order valence-corrected chi connectivity index (χ4v) is 4.42. The highest BCUT2D eigenvalue weighted by atomic mass is 32.2. The Kier molecular flexibility index (Phi) is 2.42. The van der Waals surface area contributed by atoms with Gasteiger partial charge in [-0.3, -0.25) is 9.59 Å². The Bertz CT molecular complexity index is 1820. The van der Waals surface area contributed by atoms with Gasteiger partial charge in [0.1, 0.15) is 9.77 Å². The number of benzene rings is 1. The van der Waals surface area contributed by atoms with Crippen LogP contribution in [0.2, 0.25) is 2.82 Å². The van der Waals surface area contributed by atoms with E-state index in [0.29, 0.717) is 11.3 Å². The molecule has 158 valence electrons. The van der Waals surface area contributed by atoms with Gasteiger partial charge in [0, 0.05) is 27.6 Å². The second-order valence-electron chi connectivity index (χ2n) is 5.59. The highest BCUT2D eigenvalue weighted by Crippen LogP contribution is 2.29. The van der Waals surface area contributed by atoms with Gasteiger partial charge in [0.2, 0.25) is 5.88 Å². The Morgan fingerprint density at radius 3 is 2.77 bits per heavy atom. The SMILES string of the molecule is [2H]c1c(C(C)=O)c(N([2H])C(=O)c2sccc2S(=O)(=O)N([2H])c2onc(C([2H])([2H])[2H])c2C([2H])([2H])[2H])c(C([2H])([2H])[2H])c([2H])c1C([2H])([2H])[2H].